The van der Waals surface area contributed by atoms with Gasteiger partial charge in [-0.05, 0) is 92.8 Å². The molecule has 0 amide bonds. The van der Waals surface area contributed by atoms with E-state index in [0.717, 1.165) is 42.9 Å². The molecule has 0 aromatic carbocycles. The third-order valence-electron chi connectivity index (χ3n) is 9.04. The average molecular weight is 427 g/mol. The van der Waals surface area contributed by atoms with Gasteiger partial charge in [0.2, 0.25) is 0 Å². The first-order valence-electron chi connectivity index (χ1n) is 10.7. The summed E-state index contributed by atoms with van der Waals surface area (Å²) in [4.78, 5) is 12.5. The van der Waals surface area contributed by atoms with Gasteiger partial charge in [0.15, 0.2) is 0 Å². The lowest BCUT2D eigenvalue weighted by Gasteiger charge is -2.57. The quantitative estimate of drug-likeness (QED) is 0.668. The average Bonchev–Trinajstić information content (AvgIpc) is 2.98. The van der Waals surface area contributed by atoms with Gasteiger partial charge in [-0.1, -0.05) is 22.9 Å². The number of carbonyl (C=O) groups excluding carboxylic acids is 1. The highest BCUT2D eigenvalue weighted by molar-refractivity contribution is 9.09. The minimum absolute atomic E-state index is 0.240. The zero-order valence-corrected chi connectivity index (χ0v) is 18.0. The molecule has 0 bridgehead atoms. The van der Waals surface area contributed by atoms with Crippen molar-refractivity contribution in [3.05, 3.63) is 0 Å². The fraction of sp³-hybridized carbons (Fsp3) is 0.955. The van der Waals surface area contributed by atoms with Crippen LogP contribution in [0.4, 0.5) is 0 Å². The third-order valence-corrected chi connectivity index (χ3v) is 9.59. The maximum Gasteiger partial charge on any atom is 0.147 e. The van der Waals surface area contributed by atoms with E-state index >= 15 is 0 Å². The Bertz CT molecular complexity index is 552. The molecular weight excluding hydrogens is 392 g/mol. The molecule has 0 aromatic rings. The lowest BCUT2D eigenvalue weighted by atomic mass is 9.49. The van der Waals surface area contributed by atoms with Crippen molar-refractivity contribution in [3.63, 3.8) is 0 Å². The normalized spacial score (nSPS) is 50.6. The van der Waals surface area contributed by atoms with Crippen LogP contribution < -0.4 is 0 Å². The second kappa shape index (κ2) is 7.15. The van der Waals surface area contributed by atoms with Crippen molar-refractivity contribution < 1.29 is 14.6 Å². The number of halogens is 1. The van der Waals surface area contributed by atoms with E-state index < -0.39 is 5.60 Å². The van der Waals surface area contributed by atoms with Crippen molar-refractivity contribution in [2.45, 2.75) is 70.3 Å². The van der Waals surface area contributed by atoms with Crippen LogP contribution in [0.15, 0.2) is 0 Å². The summed E-state index contributed by atoms with van der Waals surface area (Å²) in [6.07, 6.45) is 10.5. The lowest BCUT2D eigenvalue weighted by molar-refractivity contribution is -0.134. The number of rotatable bonds is 4. The molecule has 0 aliphatic heterocycles. The van der Waals surface area contributed by atoms with Gasteiger partial charge in [-0.15, -0.1) is 0 Å². The zero-order chi connectivity index (χ0) is 18.5. The second-order valence-corrected chi connectivity index (χ2v) is 10.7. The van der Waals surface area contributed by atoms with Crippen molar-refractivity contribution in [1.82, 2.24) is 0 Å². The van der Waals surface area contributed by atoms with E-state index in [9.17, 15) is 9.90 Å². The fourth-order valence-electron chi connectivity index (χ4n) is 7.98. The molecule has 3 nitrogen and oxygen atoms in total. The zero-order valence-electron chi connectivity index (χ0n) is 16.4. The number of methoxy groups -OCH3 is 1. The van der Waals surface area contributed by atoms with E-state index in [1.807, 2.05) is 0 Å². The number of ether oxygens (including phenoxy) is 1. The molecular formula is C22H35BrO3. The third kappa shape index (κ3) is 3.03. The van der Waals surface area contributed by atoms with Crippen molar-refractivity contribution in [1.29, 1.82) is 0 Å². The Kier molecular flexibility index (Phi) is 5.33. The van der Waals surface area contributed by atoms with Crippen molar-refractivity contribution in [2.75, 3.05) is 19.0 Å². The number of ketones is 1. The summed E-state index contributed by atoms with van der Waals surface area (Å²) >= 11 is 3.42. The molecule has 1 N–H and O–H groups in total. The first kappa shape index (κ1) is 19.4. The Labute approximate surface area is 166 Å². The number of hydrogen-bond acceptors (Lipinski definition) is 3. The van der Waals surface area contributed by atoms with Gasteiger partial charge in [-0.3, -0.25) is 4.79 Å². The molecule has 0 heterocycles. The summed E-state index contributed by atoms with van der Waals surface area (Å²) in [5.74, 6) is 4.58. The van der Waals surface area contributed by atoms with E-state index in [1.165, 1.54) is 38.5 Å². The molecule has 4 heteroatoms. The minimum atomic E-state index is -0.591. The predicted octanol–water partition coefficient (Wildman–Crippen LogP) is 4.60. The summed E-state index contributed by atoms with van der Waals surface area (Å²) in [5, 5.41) is 11.4. The van der Waals surface area contributed by atoms with Crippen LogP contribution in [0.5, 0.6) is 0 Å². The van der Waals surface area contributed by atoms with Crippen LogP contribution in [0.1, 0.15) is 64.7 Å². The summed E-state index contributed by atoms with van der Waals surface area (Å²) in [7, 11) is 1.70. The van der Waals surface area contributed by atoms with Crippen LogP contribution in [0.25, 0.3) is 0 Å². The molecule has 4 fully saturated rings. The monoisotopic (exact) mass is 426 g/mol. The van der Waals surface area contributed by atoms with Crippen molar-refractivity contribution in [3.8, 4) is 0 Å². The van der Waals surface area contributed by atoms with E-state index in [0.29, 0.717) is 23.6 Å². The number of carbonyl (C=O) groups is 1. The number of hydrogen-bond donors (Lipinski definition) is 1. The molecule has 4 aliphatic rings. The smallest absolute Gasteiger partial charge is 0.147 e. The molecule has 0 radical (unpaired) electrons. The molecule has 26 heavy (non-hydrogen) atoms. The molecule has 148 valence electrons. The first-order chi connectivity index (χ1) is 12.4. The maximum absolute atomic E-state index is 12.5. The summed E-state index contributed by atoms with van der Waals surface area (Å²) in [6.45, 7) is 2.91. The van der Waals surface area contributed by atoms with Gasteiger partial charge in [-0.2, -0.15) is 0 Å². The summed E-state index contributed by atoms with van der Waals surface area (Å²) in [6, 6.07) is 0. The predicted molar refractivity (Wildman–Crippen MR) is 106 cm³/mol. The molecule has 0 aromatic heterocycles. The van der Waals surface area contributed by atoms with Crippen molar-refractivity contribution in [2.24, 2.45) is 40.9 Å². The SMILES string of the molecule is COC[C@@]1(O)CCC2[C@@H](CCC3[C@@H]2CC[C@]2(C)[C@@H](C(=O)CBr)CC[C@@H]32)C1. The van der Waals surface area contributed by atoms with E-state index in [1.54, 1.807) is 7.11 Å². The van der Waals surface area contributed by atoms with E-state index in [-0.39, 0.29) is 11.3 Å². The Morgan fingerprint density at radius 1 is 1.08 bits per heavy atom. The van der Waals surface area contributed by atoms with Gasteiger partial charge in [0.25, 0.3) is 0 Å². The molecule has 8 atom stereocenters. The highest BCUT2D eigenvalue weighted by Crippen LogP contribution is 2.64. The van der Waals surface area contributed by atoms with Crippen LogP contribution in [-0.2, 0) is 9.53 Å². The Balaban J connectivity index is 1.50. The van der Waals surface area contributed by atoms with Crippen LogP contribution in [-0.4, -0.2) is 35.5 Å². The molecule has 4 rings (SSSR count). The fourth-order valence-corrected chi connectivity index (χ4v) is 8.38. The number of aliphatic hydroxyl groups is 1. The van der Waals surface area contributed by atoms with Gasteiger partial charge in [-0.25, -0.2) is 0 Å². The first-order valence-corrected chi connectivity index (χ1v) is 11.8. The van der Waals surface area contributed by atoms with Gasteiger partial charge in [0.05, 0.1) is 17.5 Å². The molecule has 4 aliphatic carbocycles. The Morgan fingerprint density at radius 3 is 2.58 bits per heavy atom. The van der Waals surface area contributed by atoms with Crippen LogP contribution in [0.3, 0.4) is 0 Å². The largest absolute Gasteiger partial charge is 0.387 e. The van der Waals surface area contributed by atoms with Crippen LogP contribution in [0, 0.1) is 40.9 Å². The molecule has 4 saturated carbocycles. The van der Waals surface area contributed by atoms with Crippen molar-refractivity contribution >= 4 is 21.7 Å². The van der Waals surface area contributed by atoms with Gasteiger partial charge in [0.1, 0.15) is 5.78 Å². The Hall–Kier alpha value is 0.0700. The van der Waals surface area contributed by atoms with Gasteiger partial charge in [0, 0.05) is 13.0 Å². The standard InChI is InChI=1S/C22H35BrO3/c1-21-9-7-16-15-8-10-22(25,13-26-2)11-14(15)3-4-17(16)18(21)5-6-19(21)20(24)12-23/h14-19,25H,3-13H2,1-2H3/t14-,15?,16+,17?,18-,19+,21-,22+/m0/s1. The van der Waals surface area contributed by atoms with Crippen LogP contribution >= 0.6 is 15.9 Å². The molecule has 2 unspecified atom stereocenters. The van der Waals surface area contributed by atoms with E-state index in [2.05, 4.69) is 22.9 Å². The van der Waals surface area contributed by atoms with Crippen LogP contribution in [0.2, 0.25) is 0 Å². The second-order valence-electron chi connectivity index (χ2n) is 10.1. The maximum atomic E-state index is 12.5. The highest BCUT2D eigenvalue weighted by Gasteiger charge is 2.58. The Morgan fingerprint density at radius 2 is 1.85 bits per heavy atom. The van der Waals surface area contributed by atoms with E-state index in [4.69, 9.17) is 4.74 Å². The summed E-state index contributed by atoms with van der Waals surface area (Å²) in [5.41, 5.74) is -0.350. The molecule has 0 saturated heterocycles. The van der Waals surface area contributed by atoms with Gasteiger partial charge >= 0.3 is 0 Å². The number of Topliss-reactive ketones (excluding diaryl/α,β-unsaturated/α-hetero) is 1. The highest BCUT2D eigenvalue weighted by atomic mass is 79.9. The topological polar surface area (TPSA) is 46.5 Å². The lowest BCUT2D eigenvalue weighted by Crippen LogP contribution is -2.52. The molecule has 0 spiro atoms. The van der Waals surface area contributed by atoms with Gasteiger partial charge < -0.3 is 9.84 Å². The minimum Gasteiger partial charge on any atom is -0.387 e. The number of fused-ring (bicyclic) bond motifs is 5. The summed E-state index contributed by atoms with van der Waals surface area (Å²) < 4.78 is 5.30. The number of alkyl halides is 1.